The number of ether oxygens (including phenoxy) is 1. The van der Waals surface area contributed by atoms with E-state index in [2.05, 4.69) is 26.2 Å². The number of hydrogen-bond donors (Lipinski definition) is 1. The van der Waals surface area contributed by atoms with Crippen LogP contribution >= 0.6 is 15.9 Å². The minimum Gasteiger partial charge on any atom is -0.492 e. The molecule has 0 aliphatic heterocycles. The molecule has 0 saturated heterocycles. The lowest BCUT2D eigenvalue weighted by Gasteiger charge is -2.05. The van der Waals surface area contributed by atoms with Crippen molar-refractivity contribution in [3.8, 4) is 5.75 Å². The molecule has 5 nitrogen and oxygen atoms in total. The van der Waals surface area contributed by atoms with Gasteiger partial charge in [-0.25, -0.2) is 4.68 Å². The summed E-state index contributed by atoms with van der Waals surface area (Å²) in [6.45, 7) is 1.15. The molecule has 1 heterocycles. The fourth-order valence-electron chi connectivity index (χ4n) is 1.24. The zero-order chi connectivity index (χ0) is 11.4. The van der Waals surface area contributed by atoms with Gasteiger partial charge < -0.3 is 10.5 Å². The first-order valence-corrected chi connectivity index (χ1v) is 5.57. The Hall–Kier alpha value is -1.56. The van der Waals surface area contributed by atoms with Crippen LogP contribution in [0, 0.1) is 0 Å². The van der Waals surface area contributed by atoms with Crippen molar-refractivity contribution in [2.75, 3.05) is 12.3 Å². The maximum absolute atomic E-state index is 5.54. The zero-order valence-corrected chi connectivity index (χ0v) is 10.1. The molecule has 2 rings (SSSR count). The van der Waals surface area contributed by atoms with E-state index in [0.717, 1.165) is 10.2 Å². The lowest BCUT2D eigenvalue weighted by molar-refractivity contribution is 0.289. The van der Waals surface area contributed by atoms with E-state index in [1.165, 1.54) is 0 Å². The molecule has 0 spiro atoms. The highest BCUT2D eigenvalue weighted by molar-refractivity contribution is 9.10. The first-order chi connectivity index (χ1) is 7.74. The van der Waals surface area contributed by atoms with Crippen LogP contribution in [0.2, 0.25) is 0 Å². The molecule has 0 unspecified atom stereocenters. The fourth-order valence-corrected chi connectivity index (χ4v) is 1.61. The molecule has 2 aromatic rings. The molecular formula is C10H11BrN4O. The maximum Gasteiger partial charge on any atom is 0.165 e. The fraction of sp³-hybridized carbons (Fsp3) is 0.200. The summed E-state index contributed by atoms with van der Waals surface area (Å²) in [5.74, 6) is 1.24. The molecule has 84 valence electrons. The number of hydrogen-bond acceptors (Lipinski definition) is 4. The molecule has 0 aliphatic rings. The molecule has 0 amide bonds. The Kier molecular flexibility index (Phi) is 3.40. The molecule has 16 heavy (non-hydrogen) atoms. The Morgan fingerprint density at radius 2 is 2.31 bits per heavy atom. The summed E-state index contributed by atoms with van der Waals surface area (Å²) in [6, 6.07) is 7.69. The predicted octanol–water partition coefficient (Wildman–Crippen LogP) is 1.70. The monoisotopic (exact) mass is 282 g/mol. The number of rotatable bonds is 4. The van der Waals surface area contributed by atoms with Crippen molar-refractivity contribution in [2.45, 2.75) is 6.54 Å². The molecule has 0 bridgehead atoms. The van der Waals surface area contributed by atoms with Gasteiger partial charge in [-0.15, -0.1) is 5.10 Å². The average molecular weight is 283 g/mol. The van der Waals surface area contributed by atoms with Crippen molar-refractivity contribution in [1.82, 2.24) is 15.0 Å². The van der Waals surface area contributed by atoms with Gasteiger partial charge in [-0.05, 0) is 18.2 Å². The molecule has 0 radical (unpaired) electrons. The molecule has 0 atom stereocenters. The van der Waals surface area contributed by atoms with Crippen molar-refractivity contribution in [1.29, 1.82) is 0 Å². The second-order valence-electron chi connectivity index (χ2n) is 3.21. The van der Waals surface area contributed by atoms with Gasteiger partial charge in [0.05, 0.1) is 12.7 Å². The van der Waals surface area contributed by atoms with Gasteiger partial charge in [0.2, 0.25) is 0 Å². The van der Waals surface area contributed by atoms with Crippen LogP contribution in [0.1, 0.15) is 0 Å². The van der Waals surface area contributed by atoms with Crippen LogP contribution in [0.15, 0.2) is 34.9 Å². The van der Waals surface area contributed by atoms with Crippen molar-refractivity contribution < 1.29 is 4.74 Å². The molecule has 0 fully saturated rings. The minimum absolute atomic E-state index is 0.419. The topological polar surface area (TPSA) is 66.0 Å². The molecular weight excluding hydrogens is 272 g/mol. The number of anilines is 1. The van der Waals surface area contributed by atoms with E-state index in [-0.39, 0.29) is 0 Å². The van der Waals surface area contributed by atoms with Gasteiger partial charge in [0, 0.05) is 4.47 Å². The summed E-state index contributed by atoms with van der Waals surface area (Å²) in [5.41, 5.74) is 5.44. The van der Waals surface area contributed by atoms with Crippen LogP contribution in [0.25, 0.3) is 0 Å². The first kappa shape index (κ1) is 10.9. The van der Waals surface area contributed by atoms with Crippen LogP contribution in [-0.4, -0.2) is 21.6 Å². The Morgan fingerprint density at radius 1 is 1.44 bits per heavy atom. The van der Waals surface area contributed by atoms with E-state index < -0.39 is 0 Å². The Morgan fingerprint density at radius 3 is 3.00 bits per heavy atom. The van der Waals surface area contributed by atoms with Crippen LogP contribution in [0.5, 0.6) is 5.75 Å². The number of nitrogens with zero attached hydrogens (tertiary/aromatic N) is 3. The normalized spacial score (nSPS) is 10.3. The molecule has 1 aromatic carbocycles. The lowest BCUT2D eigenvalue weighted by Crippen LogP contribution is -2.08. The van der Waals surface area contributed by atoms with Crippen LogP contribution in [-0.2, 0) is 6.54 Å². The average Bonchev–Trinajstić information content (AvgIpc) is 2.64. The molecule has 6 heteroatoms. The number of halogens is 1. The van der Waals surface area contributed by atoms with Gasteiger partial charge in [-0.3, -0.25) is 0 Å². The third-order valence-corrected chi connectivity index (χ3v) is 2.43. The summed E-state index contributed by atoms with van der Waals surface area (Å²) in [4.78, 5) is 0. The smallest absolute Gasteiger partial charge is 0.165 e. The van der Waals surface area contributed by atoms with E-state index in [1.54, 1.807) is 10.9 Å². The standard InChI is InChI=1S/C10H11BrN4O/c11-8-2-1-3-9(6-8)16-5-4-15-7-10(12)13-14-15/h1-3,6-7H,4-5,12H2. The third kappa shape index (κ3) is 2.96. The Bertz CT molecular complexity index is 471. The van der Waals surface area contributed by atoms with E-state index in [9.17, 15) is 0 Å². The summed E-state index contributed by atoms with van der Waals surface area (Å²) in [6.07, 6.45) is 1.67. The van der Waals surface area contributed by atoms with Crippen LogP contribution < -0.4 is 10.5 Å². The highest BCUT2D eigenvalue weighted by Gasteiger charge is 1.97. The van der Waals surface area contributed by atoms with Gasteiger partial charge in [-0.2, -0.15) is 0 Å². The Balaban J connectivity index is 1.84. The first-order valence-electron chi connectivity index (χ1n) is 4.78. The second kappa shape index (κ2) is 4.98. The van der Waals surface area contributed by atoms with Crippen molar-refractivity contribution >= 4 is 21.7 Å². The minimum atomic E-state index is 0.419. The second-order valence-corrected chi connectivity index (χ2v) is 4.13. The molecule has 0 saturated carbocycles. The van der Waals surface area contributed by atoms with Crippen molar-refractivity contribution in [3.63, 3.8) is 0 Å². The maximum atomic E-state index is 5.54. The molecule has 2 N–H and O–H groups in total. The van der Waals surface area contributed by atoms with Crippen LogP contribution in [0.3, 0.4) is 0 Å². The van der Waals surface area contributed by atoms with Crippen LogP contribution in [0.4, 0.5) is 5.82 Å². The van der Waals surface area contributed by atoms with Gasteiger partial charge in [0.1, 0.15) is 12.4 Å². The highest BCUT2D eigenvalue weighted by Crippen LogP contribution is 2.17. The van der Waals surface area contributed by atoms with Crippen molar-refractivity contribution in [2.24, 2.45) is 0 Å². The lowest BCUT2D eigenvalue weighted by atomic mass is 10.3. The summed E-state index contributed by atoms with van der Waals surface area (Å²) < 4.78 is 8.18. The van der Waals surface area contributed by atoms with E-state index in [0.29, 0.717) is 19.0 Å². The molecule has 0 aliphatic carbocycles. The largest absolute Gasteiger partial charge is 0.492 e. The van der Waals surface area contributed by atoms with Crippen molar-refractivity contribution in [3.05, 3.63) is 34.9 Å². The quantitative estimate of drug-likeness (QED) is 0.927. The SMILES string of the molecule is Nc1cn(CCOc2cccc(Br)c2)nn1. The molecule has 1 aromatic heterocycles. The number of benzene rings is 1. The zero-order valence-electron chi connectivity index (χ0n) is 8.51. The number of nitrogen functional groups attached to an aromatic ring is 1. The van der Waals surface area contributed by atoms with E-state index in [4.69, 9.17) is 10.5 Å². The van der Waals surface area contributed by atoms with Gasteiger partial charge in [-0.1, -0.05) is 27.2 Å². The number of nitrogens with two attached hydrogens (primary N) is 1. The van der Waals surface area contributed by atoms with Gasteiger partial charge in [0.15, 0.2) is 5.82 Å². The predicted molar refractivity (Wildman–Crippen MR) is 64.1 cm³/mol. The van der Waals surface area contributed by atoms with Gasteiger partial charge in [0.25, 0.3) is 0 Å². The number of aromatic nitrogens is 3. The van der Waals surface area contributed by atoms with E-state index >= 15 is 0 Å². The third-order valence-electron chi connectivity index (χ3n) is 1.94. The highest BCUT2D eigenvalue weighted by atomic mass is 79.9. The Labute approximate surface area is 101 Å². The van der Waals surface area contributed by atoms with Gasteiger partial charge >= 0.3 is 0 Å². The summed E-state index contributed by atoms with van der Waals surface area (Å²) in [7, 11) is 0. The summed E-state index contributed by atoms with van der Waals surface area (Å²) in [5, 5.41) is 7.50. The van der Waals surface area contributed by atoms with E-state index in [1.807, 2.05) is 24.3 Å². The summed E-state index contributed by atoms with van der Waals surface area (Å²) >= 11 is 3.38.